The Bertz CT molecular complexity index is 716. The molecule has 2 aliphatic rings. The minimum Gasteiger partial charge on any atom is -0.486 e. The van der Waals surface area contributed by atoms with E-state index in [0.717, 1.165) is 22.9 Å². The molecule has 1 saturated heterocycles. The van der Waals surface area contributed by atoms with Crippen LogP contribution in [-0.4, -0.2) is 48.3 Å². The SMILES string of the molecule is O=C([C@@H]1CCOC1)N(Cc1nccs1)C[C@H]1COc2ccccc2O1. The Morgan fingerprint density at radius 1 is 1.28 bits per heavy atom. The van der Waals surface area contributed by atoms with Crippen molar-refractivity contribution in [2.45, 2.75) is 19.1 Å². The highest BCUT2D eigenvalue weighted by molar-refractivity contribution is 7.09. The van der Waals surface area contributed by atoms with Crippen LogP contribution in [0.3, 0.4) is 0 Å². The molecule has 7 heteroatoms. The molecule has 0 radical (unpaired) electrons. The summed E-state index contributed by atoms with van der Waals surface area (Å²) in [6.07, 6.45) is 2.34. The summed E-state index contributed by atoms with van der Waals surface area (Å²) in [5, 5.41) is 2.84. The lowest BCUT2D eigenvalue weighted by Crippen LogP contribution is -2.45. The quantitative estimate of drug-likeness (QED) is 0.819. The molecular weight excluding hydrogens is 340 g/mol. The van der Waals surface area contributed by atoms with E-state index in [1.54, 1.807) is 17.5 Å². The minimum absolute atomic E-state index is 0.0724. The summed E-state index contributed by atoms with van der Waals surface area (Å²) in [6, 6.07) is 7.61. The molecule has 25 heavy (non-hydrogen) atoms. The summed E-state index contributed by atoms with van der Waals surface area (Å²) >= 11 is 1.55. The summed E-state index contributed by atoms with van der Waals surface area (Å²) in [7, 11) is 0. The fraction of sp³-hybridized carbons (Fsp3) is 0.444. The van der Waals surface area contributed by atoms with Crippen molar-refractivity contribution in [2.75, 3.05) is 26.4 Å². The molecule has 1 aromatic heterocycles. The summed E-state index contributed by atoms with van der Waals surface area (Å²) in [6.45, 7) is 2.55. The zero-order valence-electron chi connectivity index (χ0n) is 13.8. The second-order valence-electron chi connectivity index (χ2n) is 6.20. The van der Waals surface area contributed by atoms with Crippen molar-refractivity contribution < 1.29 is 19.0 Å². The van der Waals surface area contributed by atoms with Crippen LogP contribution in [-0.2, 0) is 16.1 Å². The molecule has 0 N–H and O–H groups in total. The van der Waals surface area contributed by atoms with E-state index in [2.05, 4.69) is 4.98 Å². The lowest BCUT2D eigenvalue weighted by Gasteiger charge is -2.32. The van der Waals surface area contributed by atoms with E-state index in [0.29, 0.717) is 32.9 Å². The van der Waals surface area contributed by atoms with Gasteiger partial charge in [0.25, 0.3) is 0 Å². The number of rotatable bonds is 5. The molecule has 2 aromatic rings. The van der Waals surface area contributed by atoms with Crippen LogP contribution in [0.25, 0.3) is 0 Å². The first kappa shape index (κ1) is 16.4. The van der Waals surface area contributed by atoms with Crippen molar-refractivity contribution >= 4 is 17.2 Å². The molecule has 0 spiro atoms. The summed E-state index contributed by atoms with van der Waals surface area (Å²) in [5.74, 6) is 1.51. The standard InChI is InChI=1S/C18H20N2O4S/c21-18(13-5-7-22-11-13)20(10-17-19-6-8-25-17)9-14-12-23-15-3-1-2-4-16(15)24-14/h1-4,6,8,13-14H,5,7,9-12H2/t13-,14+/m1/s1. The molecule has 6 nitrogen and oxygen atoms in total. The van der Waals surface area contributed by atoms with Crippen LogP contribution in [0, 0.1) is 5.92 Å². The third-order valence-corrected chi connectivity index (χ3v) is 5.16. The highest BCUT2D eigenvalue weighted by Gasteiger charge is 2.31. The van der Waals surface area contributed by atoms with E-state index < -0.39 is 0 Å². The van der Waals surface area contributed by atoms with Crippen LogP contribution >= 0.6 is 11.3 Å². The summed E-state index contributed by atoms with van der Waals surface area (Å²) in [4.78, 5) is 19.1. The molecule has 1 fully saturated rings. The van der Waals surface area contributed by atoms with E-state index >= 15 is 0 Å². The number of amides is 1. The first-order valence-corrected chi connectivity index (χ1v) is 9.31. The Labute approximate surface area is 150 Å². The van der Waals surface area contributed by atoms with Crippen LogP contribution in [0.15, 0.2) is 35.8 Å². The average Bonchev–Trinajstić information content (AvgIpc) is 3.34. The number of aromatic nitrogens is 1. The lowest BCUT2D eigenvalue weighted by atomic mass is 10.1. The third kappa shape index (κ3) is 3.77. The molecular formula is C18H20N2O4S. The summed E-state index contributed by atoms with van der Waals surface area (Å²) < 4.78 is 17.2. The van der Waals surface area contributed by atoms with Crippen molar-refractivity contribution in [2.24, 2.45) is 5.92 Å². The predicted octanol–water partition coefficient (Wildman–Crippen LogP) is 2.35. The average molecular weight is 360 g/mol. The largest absolute Gasteiger partial charge is 0.486 e. The van der Waals surface area contributed by atoms with Gasteiger partial charge < -0.3 is 19.1 Å². The van der Waals surface area contributed by atoms with Crippen molar-refractivity contribution in [3.8, 4) is 11.5 Å². The van der Waals surface area contributed by atoms with E-state index in [9.17, 15) is 4.79 Å². The highest BCUT2D eigenvalue weighted by Crippen LogP contribution is 2.31. The fourth-order valence-corrected chi connectivity index (χ4v) is 3.74. The number of para-hydroxylation sites is 2. The van der Waals surface area contributed by atoms with E-state index in [1.165, 1.54) is 0 Å². The Morgan fingerprint density at radius 3 is 2.92 bits per heavy atom. The predicted molar refractivity (Wildman–Crippen MR) is 92.8 cm³/mol. The molecule has 2 aliphatic heterocycles. The summed E-state index contributed by atoms with van der Waals surface area (Å²) in [5.41, 5.74) is 0. The number of carbonyl (C=O) groups is 1. The normalized spacial score (nSPS) is 21.9. The van der Waals surface area contributed by atoms with Crippen LogP contribution in [0.5, 0.6) is 11.5 Å². The van der Waals surface area contributed by atoms with E-state index in [-0.39, 0.29) is 17.9 Å². The Balaban J connectivity index is 1.47. The van der Waals surface area contributed by atoms with Crippen molar-refractivity contribution in [3.63, 3.8) is 0 Å². The van der Waals surface area contributed by atoms with E-state index in [1.807, 2.05) is 34.5 Å². The van der Waals surface area contributed by atoms with E-state index in [4.69, 9.17) is 14.2 Å². The van der Waals surface area contributed by atoms with Crippen molar-refractivity contribution in [1.82, 2.24) is 9.88 Å². The Hall–Kier alpha value is -2.12. The van der Waals surface area contributed by atoms with Gasteiger partial charge in [0, 0.05) is 18.2 Å². The Morgan fingerprint density at radius 2 is 2.16 bits per heavy atom. The number of benzene rings is 1. The van der Waals surface area contributed by atoms with Gasteiger partial charge in [-0.05, 0) is 18.6 Å². The van der Waals surface area contributed by atoms with Crippen LogP contribution in [0.1, 0.15) is 11.4 Å². The van der Waals surface area contributed by atoms with Gasteiger partial charge in [-0.25, -0.2) is 4.98 Å². The van der Waals surface area contributed by atoms with Gasteiger partial charge in [-0.2, -0.15) is 0 Å². The zero-order valence-corrected chi connectivity index (χ0v) is 14.6. The maximum absolute atomic E-state index is 12.9. The first-order chi connectivity index (χ1) is 12.3. The van der Waals surface area contributed by atoms with Gasteiger partial charge in [0.2, 0.25) is 5.91 Å². The molecule has 0 saturated carbocycles. The van der Waals surface area contributed by atoms with Crippen molar-refractivity contribution in [3.05, 3.63) is 40.8 Å². The number of carbonyl (C=O) groups excluding carboxylic acids is 1. The zero-order chi connectivity index (χ0) is 17.1. The minimum atomic E-state index is -0.193. The molecule has 132 valence electrons. The Kier molecular flexibility index (Phi) is 4.85. The highest BCUT2D eigenvalue weighted by atomic mass is 32.1. The van der Waals surface area contributed by atoms with Crippen LogP contribution < -0.4 is 9.47 Å². The monoisotopic (exact) mass is 360 g/mol. The maximum atomic E-state index is 12.9. The number of thiazole rings is 1. The lowest BCUT2D eigenvalue weighted by molar-refractivity contribution is -0.137. The van der Waals surface area contributed by atoms with Gasteiger partial charge in [0.1, 0.15) is 11.6 Å². The van der Waals surface area contributed by atoms with Gasteiger partial charge in [0.15, 0.2) is 17.6 Å². The number of fused-ring (bicyclic) bond motifs is 1. The molecule has 2 atom stereocenters. The van der Waals surface area contributed by atoms with Crippen molar-refractivity contribution in [1.29, 1.82) is 0 Å². The molecule has 0 bridgehead atoms. The fourth-order valence-electron chi connectivity index (χ4n) is 3.11. The molecule has 1 aromatic carbocycles. The molecule has 3 heterocycles. The first-order valence-electron chi connectivity index (χ1n) is 8.43. The number of hydrogen-bond acceptors (Lipinski definition) is 6. The van der Waals surface area contributed by atoms with Crippen LogP contribution in [0.2, 0.25) is 0 Å². The molecule has 0 aliphatic carbocycles. The van der Waals surface area contributed by atoms with Gasteiger partial charge in [-0.15, -0.1) is 11.3 Å². The van der Waals surface area contributed by atoms with Gasteiger partial charge in [-0.3, -0.25) is 4.79 Å². The van der Waals surface area contributed by atoms with Gasteiger partial charge in [0.05, 0.1) is 25.6 Å². The smallest absolute Gasteiger partial charge is 0.228 e. The third-order valence-electron chi connectivity index (χ3n) is 4.39. The van der Waals surface area contributed by atoms with Gasteiger partial charge in [-0.1, -0.05) is 12.1 Å². The molecule has 4 rings (SSSR count). The molecule has 1 amide bonds. The maximum Gasteiger partial charge on any atom is 0.228 e. The second-order valence-corrected chi connectivity index (χ2v) is 7.18. The number of ether oxygens (including phenoxy) is 3. The van der Waals surface area contributed by atoms with Gasteiger partial charge >= 0.3 is 0 Å². The number of nitrogens with zero attached hydrogens (tertiary/aromatic N) is 2. The second kappa shape index (κ2) is 7.41. The number of hydrogen-bond donors (Lipinski definition) is 0. The topological polar surface area (TPSA) is 60.9 Å². The molecule has 0 unspecified atom stereocenters. The van der Waals surface area contributed by atoms with Crippen LogP contribution in [0.4, 0.5) is 0 Å².